The van der Waals surface area contributed by atoms with Crippen LogP contribution in [0.2, 0.25) is 0 Å². The number of hydrogen-bond donors (Lipinski definition) is 0. The molecule has 1 aromatic heterocycles. The molecule has 1 saturated heterocycles. The first-order chi connectivity index (χ1) is 9.90. The van der Waals surface area contributed by atoms with Crippen LogP contribution in [0.15, 0.2) is 16.9 Å². The van der Waals surface area contributed by atoms with E-state index in [0.717, 1.165) is 0 Å². The van der Waals surface area contributed by atoms with E-state index in [4.69, 9.17) is 0 Å². The molecule has 114 valence electrons. The van der Waals surface area contributed by atoms with Gasteiger partial charge in [-0.15, -0.1) is 0 Å². The Hall–Kier alpha value is -2.18. The zero-order valence-corrected chi connectivity index (χ0v) is 12.6. The summed E-state index contributed by atoms with van der Waals surface area (Å²) in [6.45, 7) is 7.02. The van der Waals surface area contributed by atoms with Crippen LogP contribution < -0.4 is 5.56 Å². The molecule has 1 aliphatic heterocycles. The van der Waals surface area contributed by atoms with E-state index >= 15 is 0 Å². The highest BCUT2D eigenvalue weighted by atomic mass is 16.2. The van der Waals surface area contributed by atoms with E-state index in [1.807, 2.05) is 0 Å². The Kier molecular flexibility index (Phi) is 4.40. The minimum atomic E-state index is -0.638. The fraction of sp³-hybridized carbons (Fsp3) is 0.571. The predicted molar refractivity (Wildman–Crippen MR) is 76.8 cm³/mol. The zero-order chi connectivity index (χ0) is 15.6. The molecule has 0 spiro atoms. The van der Waals surface area contributed by atoms with Crippen molar-refractivity contribution in [2.45, 2.75) is 26.8 Å². The summed E-state index contributed by atoms with van der Waals surface area (Å²) in [5, 5.41) is 4.12. The maximum absolute atomic E-state index is 12.5. The number of amides is 2. The molecule has 0 bridgehead atoms. The van der Waals surface area contributed by atoms with Gasteiger partial charge in [-0.1, -0.05) is 0 Å². The fourth-order valence-electron chi connectivity index (χ4n) is 2.41. The smallest absolute Gasteiger partial charge is 0.267 e. The number of aromatic nitrogens is 2. The highest BCUT2D eigenvalue weighted by Crippen LogP contribution is 2.10. The second-order valence-corrected chi connectivity index (χ2v) is 5.26. The van der Waals surface area contributed by atoms with Crippen LogP contribution in [-0.4, -0.2) is 57.6 Å². The van der Waals surface area contributed by atoms with Gasteiger partial charge in [0, 0.05) is 39.2 Å². The quantitative estimate of drug-likeness (QED) is 0.757. The lowest BCUT2D eigenvalue weighted by Gasteiger charge is -2.35. The number of aryl methyl sites for hydroxylation is 1. The molecule has 7 nitrogen and oxygen atoms in total. The molecule has 0 saturated carbocycles. The van der Waals surface area contributed by atoms with Crippen LogP contribution in [0, 0.1) is 6.92 Å². The first-order valence-electron chi connectivity index (χ1n) is 7.01. The third-order valence-electron chi connectivity index (χ3n) is 3.72. The highest BCUT2D eigenvalue weighted by Gasteiger charge is 2.27. The summed E-state index contributed by atoms with van der Waals surface area (Å²) in [6, 6.07) is 2.41. The van der Waals surface area contributed by atoms with E-state index in [2.05, 4.69) is 5.10 Å². The molecule has 2 heterocycles. The number of carbonyl (C=O) groups is 2. The summed E-state index contributed by atoms with van der Waals surface area (Å²) in [5.41, 5.74) is 0.402. The second-order valence-electron chi connectivity index (χ2n) is 5.26. The van der Waals surface area contributed by atoms with Gasteiger partial charge >= 0.3 is 0 Å². The number of piperazine rings is 1. The zero-order valence-electron chi connectivity index (χ0n) is 12.6. The molecular weight excluding hydrogens is 272 g/mol. The maximum Gasteiger partial charge on any atom is 0.267 e. The SMILES string of the molecule is CC(=O)N1CCN(C(=O)C(C)n2nc(C)ccc2=O)CC1. The lowest BCUT2D eigenvalue weighted by molar-refractivity contribution is -0.140. The van der Waals surface area contributed by atoms with E-state index < -0.39 is 6.04 Å². The van der Waals surface area contributed by atoms with Gasteiger partial charge in [-0.2, -0.15) is 5.10 Å². The van der Waals surface area contributed by atoms with Gasteiger partial charge in [0.1, 0.15) is 6.04 Å². The van der Waals surface area contributed by atoms with E-state index in [0.29, 0.717) is 31.9 Å². The number of hydrogen-bond acceptors (Lipinski definition) is 4. The first kappa shape index (κ1) is 15.2. The average Bonchev–Trinajstić information content (AvgIpc) is 2.48. The van der Waals surface area contributed by atoms with Gasteiger partial charge in [0.05, 0.1) is 5.69 Å². The third-order valence-corrected chi connectivity index (χ3v) is 3.72. The molecule has 1 atom stereocenters. The summed E-state index contributed by atoms with van der Waals surface area (Å²) >= 11 is 0. The summed E-state index contributed by atoms with van der Waals surface area (Å²) in [6.07, 6.45) is 0. The topological polar surface area (TPSA) is 75.5 Å². The second kappa shape index (κ2) is 6.07. The monoisotopic (exact) mass is 292 g/mol. The van der Waals surface area contributed by atoms with Crippen molar-refractivity contribution in [1.82, 2.24) is 19.6 Å². The molecule has 0 aromatic carbocycles. The average molecular weight is 292 g/mol. The van der Waals surface area contributed by atoms with Gasteiger partial charge in [0.2, 0.25) is 11.8 Å². The van der Waals surface area contributed by atoms with Crippen molar-refractivity contribution >= 4 is 11.8 Å². The van der Waals surface area contributed by atoms with Crippen LogP contribution in [0.5, 0.6) is 0 Å². The minimum absolute atomic E-state index is 0.0201. The Bertz CT molecular complexity index is 602. The Morgan fingerprint density at radius 3 is 2.29 bits per heavy atom. The van der Waals surface area contributed by atoms with Crippen molar-refractivity contribution in [2.75, 3.05) is 26.2 Å². The van der Waals surface area contributed by atoms with Crippen molar-refractivity contribution < 1.29 is 9.59 Å². The van der Waals surface area contributed by atoms with E-state index in [-0.39, 0.29) is 17.4 Å². The minimum Gasteiger partial charge on any atom is -0.339 e. The van der Waals surface area contributed by atoms with Gasteiger partial charge in [0.25, 0.3) is 5.56 Å². The Morgan fingerprint density at radius 2 is 1.71 bits per heavy atom. The van der Waals surface area contributed by atoms with E-state index in [9.17, 15) is 14.4 Å². The van der Waals surface area contributed by atoms with Crippen LogP contribution in [-0.2, 0) is 9.59 Å². The highest BCUT2D eigenvalue weighted by molar-refractivity contribution is 5.80. The molecule has 7 heteroatoms. The number of nitrogens with zero attached hydrogens (tertiary/aromatic N) is 4. The lowest BCUT2D eigenvalue weighted by atomic mass is 10.2. The Morgan fingerprint density at radius 1 is 1.14 bits per heavy atom. The molecule has 1 aliphatic rings. The lowest BCUT2D eigenvalue weighted by Crippen LogP contribution is -2.52. The molecule has 0 aliphatic carbocycles. The molecule has 1 unspecified atom stereocenters. The van der Waals surface area contributed by atoms with Gasteiger partial charge in [0.15, 0.2) is 0 Å². The van der Waals surface area contributed by atoms with Gasteiger partial charge in [-0.25, -0.2) is 4.68 Å². The molecule has 0 radical (unpaired) electrons. The fourth-order valence-corrected chi connectivity index (χ4v) is 2.41. The summed E-state index contributed by atoms with van der Waals surface area (Å²) in [5.74, 6) is -0.120. The van der Waals surface area contributed by atoms with Crippen LogP contribution >= 0.6 is 0 Å². The maximum atomic E-state index is 12.5. The largest absolute Gasteiger partial charge is 0.339 e. The van der Waals surface area contributed by atoms with Crippen LogP contribution in [0.4, 0.5) is 0 Å². The van der Waals surface area contributed by atoms with Gasteiger partial charge < -0.3 is 9.80 Å². The normalized spacial score (nSPS) is 16.7. The molecule has 1 fully saturated rings. The van der Waals surface area contributed by atoms with Crippen molar-refractivity contribution in [3.05, 3.63) is 28.2 Å². The van der Waals surface area contributed by atoms with Crippen molar-refractivity contribution in [3.63, 3.8) is 0 Å². The van der Waals surface area contributed by atoms with Gasteiger partial charge in [-0.3, -0.25) is 14.4 Å². The van der Waals surface area contributed by atoms with E-state index in [1.165, 1.54) is 17.7 Å². The Balaban J connectivity index is 2.08. The summed E-state index contributed by atoms with van der Waals surface area (Å²) in [7, 11) is 0. The Labute approximate surface area is 123 Å². The van der Waals surface area contributed by atoms with Crippen molar-refractivity contribution in [3.8, 4) is 0 Å². The summed E-state index contributed by atoms with van der Waals surface area (Å²) < 4.78 is 1.22. The predicted octanol–water partition coefficient (Wildman–Crippen LogP) is -0.197. The third kappa shape index (κ3) is 3.29. The van der Waals surface area contributed by atoms with Gasteiger partial charge in [-0.05, 0) is 19.9 Å². The summed E-state index contributed by atoms with van der Waals surface area (Å²) in [4.78, 5) is 39.0. The molecular formula is C14H20N4O3. The molecule has 2 amide bonds. The van der Waals surface area contributed by atoms with Crippen molar-refractivity contribution in [2.24, 2.45) is 0 Å². The van der Waals surface area contributed by atoms with E-state index in [1.54, 1.807) is 29.7 Å². The van der Waals surface area contributed by atoms with Crippen LogP contribution in [0.3, 0.4) is 0 Å². The standard InChI is InChI=1S/C14H20N4O3/c1-10-4-5-13(20)18(15-10)11(2)14(21)17-8-6-16(7-9-17)12(3)19/h4-5,11H,6-9H2,1-3H3. The number of rotatable bonds is 2. The molecule has 21 heavy (non-hydrogen) atoms. The molecule has 1 aromatic rings. The first-order valence-corrected chi connectivity index (χ1v) is 7.01. The number of carbonyl (C=O) groups excluding carboxylic acids is 2. The molecule has 2 rings (SSSR count). The van der Waals surface area contributed by atoms with Crippen LogP contribution in [0.1, 0.15) is 25.6 Å². The molecule has 0 N–H and O–H groups in total. The van der Waals surface area contributed by atoms with Crippen molar-refractivity contribution in [1.29, 1.82) is 0 Å². The van der Waals surface area contributed by atoms with Crippen LogP contribution in [0.25, 0.3) is 0 Å².